The maximum absolute atomic E-state index is 11.4. The van der Waals surface area contributed by atoms with Gasteiger partial charge in [-0.3, -0.25) is 4.98 Å². The zero-order valence-corrected chi connectivity index (χ0v) is 13.2. The lowest BCUT2D eigenvalue weighted by molar-refractivity contribution is -0.153. The summed E-state index contributed by atoms with van der Waals surface area (Å²) >= 11 is 0. The van der Waals surface area contributed by atoms with Crippen LogP contribution in [0.25, 0.3) is 0 Å². The van der Waals surface area contributed by atoms with Crippen LogP contribution in [0.1, 0.15) is 29.8 Å². The van der Waals surface area contributed by atoms with E-state index in [0.29, 0.717) is 31.5 Å². The average molecular weight is 303 g/mol. The van der Waals surface area contributed by atoms with Crippen molar-refractivity contribution in [3.8, 4) is 6.07 Å². The van der Waals surface area contributed by atoms with Crippen molar-refractivity contribution in [1.29, 1.82) is 5.26 Å². The number of nitrogens with zero attached hydrogens (tertiary/aromatic N) is 3. The minimum absolute atomic E-state index is 0.0988. The van der Waals surface area contributed by atoms with Crippen molar-refractivity contribution in [1.82, 2.24) is 4.98 Å². The van der Waals surface area contributed by atoms with E-state index in [0.717, 1.165) is 17.1 Å². The first-order valence-corrected chi connectivity index (χ1v) is 7.37. The SMILES string of the molecule is COC(=O)C(O)C1CCN(c2cc(C)nc(C)c2C#N)CC1. The van der Waals surface area contributed by atoms with Gasteiger partial charge in [-0.25, -0.2) is 4.79 Å². The van der Waals surface area contributed by atoms with Gasteiger partial charge in [-0.2, -0.15) is 5.26 Å². The highest BCUT2D eigenvalue weighted by Gasteiger charge is 2.31. The monoisotopic (exact) mass is 303 g/mol. The van der Waals surface area contributed by atoms with E-state index in [1.165, 1.54) is 7.11 Å². The number of anilines is 1. The molecule has 1 aliphatic heterocycles. The number of carbonyl (C=O) groups is 1. The summed E-state index contributed by atoms with van der Waals surface area (Å²) in [5.41, 5.74) is 3.09. The fourth-order valence-electron chi connectivity index (χ4n) is 2.96. The van der Waals surface area contributed by atoms with Gasteiger partial charge < -0.3 is 14.7 Å². The van der Waals surface area contributed by atoms with Crippen LogP contribution >= 0.6 is 0 Å². The molecule has 2 heterocycles. The Kier molecular flexibility index (Phi) is 4.99. The van der Waals surface area contributed by atoms with E-state index in [2.05, 4.69) is 20.7 Å². The minimum atomic E-state index is -1.07. The summed E-state index contributed by atoms with van der Waals surface area (Å²) < 4.78 is 4.59. The Morgan fingerprint density at radius 1 is 1.50 bits per heavy atom. The van der Waals surface area contributed by atoms with Gasteiger partial charge in [0.2, 0.25) is 0 Å². The van der Waals surface area contributed by atoms with Crippen LogP contribution in [-0.4, -0.2) is 42.4 Å². The van der Waals surface area contributed by atoms with Gasteiger partial charge in [0, 0.05) is 18.8 Å². The molecule has 0 bridgehead atoms. The Balaban J connectivity index is 2.13. The van der Waals surface area contributed by atoms with E-state index in [4.69, 9.17) is 0 Å². The van der Waals surface area contributed by atoms with Crippen molar-refractivity contribution >= 4 is 11.7 Å². The summed E-state index contributed by atoms with van der Waals surface area (Å²) in [7, 11) is 1.28. The van der Waals surface area contributed by atoms with E-state index < -0.39 is 12.1 Å². The number of hydrogen-bond donors (Lipinski definition) is 1. The number of methoxy groups -OCH3 is 1. The molecule has 0 saturated carbocycles. The topological polar surface area (TPSA) is 86.5 Å². The van der Waals surface area contributed by atoms with Crippen LogP contribution in [0.4, 0.5) is 5.69 Å². The van der Waals surface area contributed by atoms with Gasteiger partial charge in [0.1, 0.15) is 6.07 Å². The minimum Gasteiger partial charge on any atom is -0.467 e. The van der Waals surface area contributed by atoms with E-state index >= 15 is 0 Å². The highest BCUT2D eigenvalue weighted by atomic mass is 16.5. The van der Waals surface area contributed by atoms with Gasteiger partial charge in [-0.1, -0.05) is 0 Å². The van der Waals surface area contributed by atoms with Gasteiger partial charge >= 0.3 is 5.97 Å². The maximum atomic E-state index is 11.4. The summed E-state index contributed by atoms with van der Waals surface area (Å²) in [6.07, 6.45) is 0.298. The predicted octanol–water partition coefficient (Wildman–Crippen LogP) is 1.32. The van der Waals surface area contributed by atoms with Crippen LogP contribution in [0, 0.1) is 31.1 Å². The number of carbonyl (C=O) groups excluding carboxylic acids is 1. The Bertz CT molecular complexity index is 601. The molecule has 1 unspecified atom stereocenters. The number of rotatable bonds is 3. The van der Waals surface area contributed by atoms with Gasteiger partial charge in [-0.05, 0) is 38.7 Å². The largest absolute Gasteiger partial charge is 0.467 e. The number of hydrogen-bond acceptors (Lipinski definition) is 6. The first-order valence-electron chi connectivity index (χ1n) is 7.37. The summed E-state index contributed by atoms with van der Waals surface area (Å²) in [5, 5.41) is 19.3. The lowest BCUT2D eigenvalue weighted by Crippen LogP contribution is -2.41. The van der Waals surface area contributed by atoms with Crippen molar-refractivity contribution in [2.75, 3.05) is 25.1 Å². The Hall–Kier alpha value is -2.13. The number of esters is 1. The highest BCUT2D eigenvalue weighted by molar-refractivity contribution is 5.74. The van der Waals surface area contributed by atoms with E-state index in [1.807, 2.05) is 19.9 Å². The smallest absolute Gasteiger partial charge is 0.334 e. The molecule has 1 fully saturated rings. The van der Waals surface area contributed by atoms with Gasteiger partial charge in [0.15, 0.2) is 6.10 Å². The molecule has 6 heteroatoms. The second kappa shape index (κ2) is 6.75. The third kappa shape index (κ3) is 3.20. The fourth-order valence-corrected chi connectivity index (χ4v) is 2.96. The molecule has 1 aliphatic rings. The summed E-state index contributed by atoms with van der Waals surface area (Å²) in [4.78, 5) is 17.9. The Labute approximate surface area is 130 Å². The second-order valence-electron chi connectivity index (χ2n) is 5.65. The van der Waals surface area contributed by atoms with Crippen molar-refractivity contribution in [2.45, 2.75) is 32.8 Å². The second-order valence-corrected chi connectivity index (χ2v) is 5.65. The number of piperidine rings is 1. The normalized spacial score (nSPS) is 17.0. The molecule has 0 radical (unpaired) electrons. The lowest BCUT2D eigenvalue weighted by atomic mass is 9.90. The van der Waals surface area contributed by atoms with Gasteiger partial charge in [0.25, 0.3) is 0 Å². The molecule has 1 aromatic rings. The summed E-state index contributed by atoms with van der Waals surface area (Å²) in [6, 6.07) is 4.14. The molecule has 0 amide bonds. The molecule has 0 aliphatic carbocycles. The number of aromatic nitrogens is 1. The zero-order valence-electron chi connectivity index (χ0n) is 13.2. The van der Waals surface area contributed by atoms with Crippen LogP contribution in [0.5, 0.6) is 0 Å². The van der Waals surface area contributed by atoms with Crippen molar-refractivity contribution < 1.29 is 14.6 Å². The lowest BCUT2D eigenvalue weighted by Gasteiger charge is -2.35. The van der Waals surface area contributed by atoms with Crippen molar-refractivity contribution in [2.24, 2.45) is 5.92 Å². The standard InChI is InChI=1S/C16H21N3O3/c1-10-8-14(13(9-17)11(2)18-10)19-6-4-12(5-7-19)15(20)16(21)22-3/h8,12,15,20H,4-7H2,1-3H3. The predicted molar refractivity (Wildman–Crippen MR) is 81.4 cm³/mol. The molecule has 1 N–H and O–H groups in total. The van der Waals surface area contributed by atoms with Crippen LogP contribution in [0.3, 0.4) is 0 Å². The molecule has 0 spiro atoms. The molecule has 118 valence electrons. The number of ether oxygens (including phenoxy) is 1. The number of nitriles is 1. The molecular formula is C16H21N3O3. The molecule has 0 aromatic carbocycles. The van der Waals surface area contributed by atoms with E-state index in [9.17, 15) is 15.2 Å². The van der Waals surface area contributed by atoms with Crippen LogP contribution in [0.2, 0.25) is 0 Å². The van der Waals surface area contributed by atoms with Crippen molar-refractivity contribution in [3.05, 3.63) is 23.0 Å². The molecule has 1 saturated heterocycles. The van der Waals surface area contributed by atoms with E-state index in [-0.39, 0.29) is 5.92 Å². The molecular weight excluding hydrogens is 282 g/mol. The Morgan fingerprint density at radius 2 is 2.14 bits per heavy atom. The van der Waals surface area contributed by atoms with Gasteiger partial charge in [-0.15, -0.1) is 0 Å². The number of aliphatic hydroxyl groups is 1. The Morgan fingerprint density at radius 3 is 2.68 bits per heavy atom. The first kappa shape index (κ1) is 16.2. The van der Waals surface area contributed by atoms with Crippen LogP contribution in [0.15, 0.2) is 6.07 Å². The highest BCUT2D eigenvalue weighted by Crippen LogP contribution is 2.29. The number of pyridine rings is 1. The number of aliphatic hydroxyl groups excluding tert-OH is 1. The van der Waals surface area contributed by atoms with E-state index in [1.54, 1.807) is 0 Å². The molecule has 22 heavy (non-hydrogen) atoms. The first-order chi connectivity index (χ1) is 10.5. The summed E-state index contributed by atoms with van der Waals surface area (Å²) in [6.45, 7) is 5.13. The summed E-state index contributed by atoms with van der Waals surface area (Å²) in [5.74, 6) is -0.676. The molecule has 1 atom stereocenters. The maximum Gasteiger partial charge on any atom is 0.334 e. The quantitative estimate of drug-likeness (QED) is 0.848. The molecule has 1 aromatic heterocycles. The average Bonchev–Trinajstić information content (AvgIpc) is 2.53. The van der Waals surface area contributed by atoms with Crippen LogP contribution < -0.4 is 4.90 Å². The third-order valence-corrected chi connectivity index (χ3v) is 4.19. The zero-order chi connectivity index (χ0) is 16.3. The number of aryl methyl sites for hydroxylation is 2. The molecule has 2 rings (SSSR count). The molecule has 6 nitrogen and oxygen atoms in total. The van der Waals surface area contributed by atoms with Crippen molar-refractivity contribution in [3.63, 3.8) is 0 Å². The fraction of sp³-hybridized carbons (Fsp3) is 0.562. The van der Waals surface area contributed by atoms with Crippen LogP contribution in [-0.2, 0) is 9.53 Å². The van der Waals surface area contributed by atoms with Gasteiger partial charge in [0.05, 0.1) is 24.1 Å². The third-order valence-electron chi connectivity index (χ3n) is 4.19.